The van der Waals surface area contributed by atoms with E-state index in [0.717, 1.165) is 32.5 Å². The fraction of sp³-hybridized carbons (Fsp3) is 0.579. The maximum Gasteiger partial charge on any atom is 0.241 e. The quantitative estimate of drug-likeness (QED) is 0.365. The Bertz CT molecular complexity index is 556. The molecule has 1 heterocycles. The van der Waals surface area contributed by atoms with Gasteiger partial charge in [-0.1, -0.05) is 18.2 Å². The predicted molar refractivity (Wildman–Crippen MR) is 106 cm³/mol. The van der Waals surface area contributed by atoms with Crippen molar-refractivity contribution in [3.05, 3.63) is 30.3 Å². The third-order valence-corrected chi connectivity index (χ3v) is 4.31. The van der Waals surface area contributed by atoms with Crippen molar-refractivity contribution >= 4 is 17.6 Å². The number of nitrogens with zero attached hydrogens (tertiary/aromatic N) is 2. The molecule has 1 aromatic rings. The minimum atomic E-state index is -0.0989. The fourth-order valence-corrected chi connectivity index (χ4v) is 2.93. The van der Waals surface area contributed by atoms with Gasteiger partial charge in [0.25, 0.3) is 0 Å². The highest BCUT2D eigenvalue weighted by Gasteiger charge is 2.20. The molecule has 0 aliphatic carbocycles. The van der Waals surface area contributed by atoms with Crippen LogP contribution in [0.5, 0.6) is 0 Å². The van der Waals surface area contributed by atoms with Gasteiger partial charge in [-0.2, -0.15) is 0 Å². The summed E-state index contributed by atoms with van der Waals surface area (Å²) in [7, 11) is 1.61. The molecule has 0 bridgehead atoms. The number of amides is 1. The first-order chi connectivity index (χ1) is 12.7. The lowest BCUT2D eigenvalue weighted by Gasteiger charge is -2.34. The predicted octanol–water partition coefficient (Wildman–Crippen LogP) is 0.973. The molecule has 0 aromatic heterocycles. The molecule has 26 heavy (non-hydrogen) atoms. The summed E-state index contributed by atoms with van der Waals surface area (Å²) >= 11 is 0. The van der Waals surface area contributed by atoms with E-state index < -0.39 is 0 Å². The number of anilines is 1. The van der Waals surface area contributed by atoms with E-state index in [1.807, 2.05) is 13.0 Å². The standard InChI is InChI=1S/C19H31N5O2/c1-3-20-19(22-15-18(25)21-11-14-26-2)23-16-9-12-24(13-10-16)17-7-5-4-6-8-17/h4-8,16H,3,9-15H2,1-2H3,(H,21,25)(H2,20,22,23). The topological polar surface area (TPSA) is 78.0 Å². The number of piperidine rings is 1. The van der Waals surface area contributed by atoms with Crippen LogP contribution >= 0.6 is 0 Å². The highest BCUT2D eigenvalue weighted by molar-refractivity contribution is 5.85. The monoisotopic (exact) mass is 361 g/mol. The summed E-state index contributed by atoms with van der Waals surface area (Å²) in [6.45, 7) is 5.94. The Morgan fingerprint density at radius 3 is 2.62 bits per heavy atom. The fourth-order valence-electron chi connectivity index (χ4n) is 2.93. The van der Waals surface area contributed by atoms with Crippen LogP contribution in [-0.2, 0) is 9.53 Å². The molecule has 7 nitrogen and oxygen atoms in total. The smallest absolute Gasteiger partial charge is 0.241 e. The van der Waals surface area contributed by atoms with Gasteiger partial charge in [0, 0.05) is 45.0 Å². The molecule has 0 spiro atoms. The Balaban J connectivity index is 1.78. The van der Waals surface area contributed by atoms with E-state index >= 15 is 0 Å². The molecule has 1 amide bonds. The van der Waals surface area contributed by atoms with E-state index in [1.54, 1.807) is 7.11 Å². The zero-order valence-electron chi connectivity index (χ0n) is 15.8. The summed E-state index contributed by atoms with van der Waals surface area (Å²) in [4.78, 5) is 18.6. The van der Waals surface area contributed by atoms with E-state index in [4.69, 9.17) is 4.74 Å². The third-order valence-electron chi connectivity index (χ3n) is 4.31. The first kappa shape index (κ1) is 20.0. The van der Waals surface area contributed by atoms with Crippen LogP contribution in [0.2, 0.25) is 0 Å². The highest BCUT2D eigenvalue weighted by Crippen LogP contribution is 2.19. The summed E-state index contributed by atoms with van der Waals surface area (Å²) < 4.78 is 4.92. The van der Waals surface area contributed by atoms with Gasteiger partial charge in [-0.25, -0.2) is 4.99 Å². The second-order valence-corrected chi connectivity index (χ2v) is 6.28. The molecule has 1 fully saturated rings. The SMILES string of the molecule is CCNC(=NCC(=O)NCCOC)NC1CCN(c2ccccc2)CC1. The van der Waals surface area contributed by atoms with Gasteiger partial charge in [0.05, 0.1) is 6.61 Å². The third kappa shape index (κ3) is 6.92. The molecule has 0 radical (unpaired) electrons. The van der Waals surface area contributed by atoms with Crippen molar-refractivity contribution in [3.8, 4) is 0 Å². The van der Waals surface area contributed by atoms with Crippen LogP contribution in [0.4, 0.5) is 5.69 Å². The van der Waals surface area contributed by atoms with E-state index in [0.29, 0.717) is 25.2 Å². The Kier molecular flexibility index (Phi) is 8.75. The number of carbonyl (C=O) groups excluding carboxylic acids is 1. The van der Waals surface area contributed by atoms with E-state index in [9.17, 15) is 4.79 Å². The first-order valence-electron chi connectivity index (χ1n) is 9.33. The molecule has 1 aromatic carbocycles. The van der Waals surface area contributed by atoms with Crippen molar-refractivity contribution in [3.63, 3.8) is 0 Å². The van der Waals surface area contributed by atoms with Crippen LogP contribution in [0.3, 0.4) is 0 Å². The van der Waals surface area contributed by atoms with Gasteiger partial charge in [0.15, 0.2) is 5.96 Å². The average Bonchev–Trinajstić information content (AvgIpc) is 2.68. The number of benzene rings is 1. The summed E-state index contributed by atoms with van der Waals surface area (Å²) in [5.41, 5.74) is 1.28. The van der Waals surface area contributed by atoms with Crippen molar-refractivity contribution in [2.24, 2.45) is 4.99 Å². The number of carbonyl (C=O) groups is 1. The number of para-hydroxylation sites is 1. The van der Waals surface area contributed by atoms with Gasteiger partial charge in [0.1, 0.15) is 6.54 Å². The number of hydrogen-bond acceptors (Lipinski definition) is 4. The molecule has 7 heteroatoms. The lowest BCUT2D eigenvalue weighted by molar-refractivity contribution is -0.119. The van der Waals surface area contributed by atoms with E-state index in [2.05, 4.69) is 50.1 Å². The largest absolute Gasteiger partial charge is 0.383 e. The maximum absolute atomic E-state index is 11.8. The number of guanidine groups is 1. The molecule has 144 valence electrons. The Hall–Kier alpha value is -2.28. The summed E-state index contributed by atoms with van der Waals surface area (Å²) in [6.07, 6.45) is 2.08. The highest BCUT2D eigenvalue weighted by atomic mass is 16.5. The number of aliphatic imine (C=N–C) groups is 1. The van der Waals surface area contributed by atoms with Gasteiger partial charge < -0.3 is 25.6 Å². The molecular weight excluding hydrogens is 330 g/mol. The van der Waals surface area contributed by atoms with Crippen molar-refractivity contribution in [2.45, 2.75) is 25.8 Å². The Labute approximate surface area is 156 Å². The molecule has 0 saturated carbocycles. The lowest BCUT2D eigenvalue weighted by Crippen LogP contribution is -2.49. The molecule has 3 N–H and O–H groups in total. The molecular formula is C19H31N5O2. The van der Waals surface area contributed by atoms with Crippen molar-refractivity contribution in [2.75, 3.05) is 51.3 Å². The first-order valence-corrected chi connectivity index (χ1v) is 9.33. The molecule has 0 unspecified atom stereocenters. The van der Waals surface area contributed by atoms with Crippen LogP contribution in [-0.4, -0.2) is 64.3 Å². The van der Waals surface area contributed by atoms with Gasteiger partial charge in [-0.15, -0.1) is 0 Å². The van der Waals surface area contributed by atoms with E-state index in [-0.39, 0.29) is 12.5 Å². The van der Waals surface area contributed by atoms with Crippen molar-refractivity contribution in [1.82, 2.24) is 16.0 Å². The molecule has 2 rings (SSSR count). The number of nitrogens with one attached hydrogen (secondary N) is 3. The normalized spacial score (nSPS) is 15.6. The van der Waals surface area contributed by atoms with Crippen LogP contribution in [0.25, 0.3) is 0 Å². The zero-order chi connectivity index (χ0) is 18.6. The molecule has 1 saturated heterocycles. The van der Waals surface area contributed by atoms with Gasteiger partial charge >= 0.3 is 0 Å². The van der Waals surface area contributed by atoms with Crippen LogP contribution in [0, 0.1) is 0 Å². The zero-order valence-corrected chi connectivity index (χ0v) is 15.8. The minimum absolute atomic E-state index is 0.0989. The van der Waals surface area contributed by atoms with Gasteiger partial charge in [-0.05, 0) is 31.9 Å². The average molecular weight is 361 g/mol. The number of rotatable bonds is 8. The van der Waals surface area contributed by atoms with Crippen LogP contribution in [0.1, 0.15) is 19.8 Å². The van der Waals surface area contributed by atoms with Crippen molar-refractivity contribution < 1.29 is 9.53 Å². The van der Waals surface area contributed by atoms with Crippen molar-refractivity contribution in [1.29, 1.82) is 0 Å². The summed E-state index contributed by atoms with van der Waals surface area (Å²) in [6, 6.07) is 10.9. The Morgan fingerprint density at radius 2 is 1.96 bits per heavy atom. The molecule has 1 aliphatic heterocycles. The van der Waals surface area contributed by atoms with Gasteiger partial charge in [0.2, 0.25) is 5.91 Å². The van der Waals surface area contributed by atoms with Crippen LogP contribution in [0.15, 0.2) is 35.3 Å². The van der Waals surface area contributed by atoms with E-state index in [1.165, 1.54) is 5.69 Å². The van der Waals surface area contributed by atoms with Crippen LogP contribution < -0.4 is 20.9 Å². The maximum atomic E-state index is 11.8. The molecule has 0 atom stereocenters. The summed E-state index contributed by atoms with van der Waals surface area (Å²) in [5.74, 6) is 0.603. The number of ether oxygens (including phenoxy) is 1. The Morgan fingerprint density at radius 1 is 1.23 bits per heavy atom. The lowest BCUT2D eigenvalue weighted by atomic mass is 10.0. The number of methoxy groups -OCH3 is 1. The summed E-state index contributed by atoms with van der Waals surface area (Å²) in [5, 5.41) is 9.45. The van der Waals surface area contributed by atoms with Gasteiger partial charge in [-0.3, -0.25) is 4.79 Å². The number of hydrogen-bond donors (Lipinski definition) is 3. The second-order valence-electron chi connectivity index (χ2n) is 6.28. The molecule has 1 aliphatic rings. The minimum Gasteiger partial charge on any atom is -0.383 e. The second kappa shape index (κ2) is 11.4.